The highest BCUT2D eigenvalue weighted by atomic mass is 16.5. The highest BCUT2D eigenvalue weighted by molar-refractivity contribution is 6.07. The number of anilines is 2. The highest BCUT2D eigenvalue weighted by Crippen LogP contribution is 2.31. The zero-order chi connectivity index (χ0) is 25.6. The fourth-order valence-electron chi connectivity index (χ4n) is 4.40. The van der Waals surface area contributed by atoms with E-state index in [4.69, 9.17) is 15.5 Å². The molecule has 8 heteroatoms. The van der Waals surface area contributed by atoms with Crippen molar-refractivity contribution in [2.45, 2.75) is 32.9 Å². The Morgan fingerprint density at radius 1 is 0.973 bits per heavy atom. The Balaban J connectivity index is 1.28. The number of aryl methyl sites for hydroxylation is 2. The minimum Gasteiger partial charge on any atom is -0.489 e. The number of hydrogen-bond donors (Lipinski definition) is 3. The van der Waals surface area contributed by atoms with Gasteiger partial charge in [-0.3, -0.25) is 0 Å². The Kier molecular flexibility index (Phi) is 7.16. The molecule has 0 spiro atoms. The van der Waals surface area contributed by atoms with E-state index in [1.165, 1.54) is 0 Å². The zero-order valence-corrected chi connectivity index (χ0v) is 20.8. The first-order valence-corrected chi connectivity index (χ1v) is 12.4. The molecule has 4 N–H and O–H groups in total. The first-order valence-electron chi connectivity index (χ1n) is 12.4. The number of para-hydroxylation sites is 1. The van der Waals surface area contributed by atoms with E-state index in [0.29, 0.717) is 24.5 Å². The van der Waals surface area contributed by atoms with Crippen molar-refractivity contribution in [3.05, 3.63) is 90.3 Å². The lowest BCUT2D eigenvalue weighted by Gasteiger charge is -2.12. The molecule has 8 nitrogen and oxygen atoms in total. The summed E-state index contributed by atoms with van der Waals surface area (Å²) in [6.45, 7) is 3.79. The van der Waals surface area contributed by atoms with Gasteiger partial charge in [0.05, 0.1) is 11.0 Å². The summed E-state index contributed by atoms with van der Waals surface area (Å²) in [6, 6.07) is 25.1. The van der Waals surface area contributed by atoms with Crippen LogP contribution in [0.25, 0.3) is 21.9 Å². The van der Waals surface area contributed by atoms with Crippen molar-refractivity contribution in [2.75, 3.05) is 17.6 Å². The number of nitrogens with two attached hydrogens (primary N) is 1. The SMILES string of the molecule is Cc1nc2c(N)nc3ccc(OCc4ccccc4)cc3c2n1CCCCNC(=O)Nc1ccccc1. The van der Waals surface area contributed by atoms with Crippen molar-refractivity contribution in [1.82, 2.24) is 19.9 Å². The third kappa shape index (κ3) is 5.64. The summed E-state index contributed by atoms with van der Waals surface area (Å²) in [6.07, 6.45) is 1.69. The molecule has 0 aliphatic carbocycles. The van der Waals surface area contributed by atoms with Crippen LogP contribution >= 0.6 is 0 Å². The summed E-state index contributed by atoms with van der Waals surface area (Å²) in [5.74, 6) is 2.06. The molecule has 0 aliphatic heterocycles. The Hall–Kier alpha value is -4.59. The lowest BCUT2D eigenvalue weighted by molar-refractivity contribution is 0.252. The third-order valence-electron chi connectivity index (χ3n) is 6.24. The van der Waals surface area contributed by atoms with Crippen LogP contribution in [0.5, 0.6) is 5.75 Å². The van der Waals surface area contributed by atoms with Crippen LogP contribution in [-0.2, 0) is 13.2 Å². The molecule has 0 fully saturated rings. The quantitative estimate of drug-likeness (QED) is 0.229. The van der Waals surface area contributed by atoms with Crippen molar-refractivity contribution in [3.8, 4) is 5.75 Å². The number of carbonyl (C=O) groups excluding carboxylic acids is 1. The van der Waals surface area contributed by atoms with Crippen LogP contribution in [0.1, 0.15) is 24.2 Å². The van der Waals surface area contributed by atoms with E-state index in [2.05, 4.69) is 20.2 Å². The molecule has 2 aromatic heterocycles. The number of urea groups is 1. The largest absolute Gasteiger partial charge is 0.489 e. The molecule has 188 valence electrons. The Morgan fingerprint density at radius 2 is 1.73 bits per heavy atom. The van der Waals surface area contributed by atoms with E-state index in [-0.39, 0.29) is 6.03 Å². The van der Waals surface area contributed by atoms with E-state index in [9.17, 15) is 4.79 Å². The number of unbranched alkanes of at least 4 members (excludes halogenated alkanes) is 1. The standard InChI is InChI=1S/C29H30N6O2/c1-20-32-26-27(35(20)17-9-8-16-31-29(36)33-22-12-6-3-7-13-22)24-18-23(14-15-25(24)34-28(26)30)37-19-21-10-4-2-5-11-21/h2-7,10-15,18H,8-9,16-17,19H2,1H3,(H2,30,34)(H2,31,33,36). The van der Waals surface area contributed by atoms with Gasteiger partial charge in [0.2, 0.25) is 0 Å². The smallest absolute Gasteiger partial charge is 0.319 e. The van der Waals surface area contributed by atoms with E-state index in [1.807, 2.05) is 85.8 Å². The first kappa shape index (κ1) is 24.1. The van der Waals surface area contributed by atoms with Crippen molar-refractivity contribution in [2.24, 2.45) is 0 Å². The number of benzene rings is 3. The number of hydrogen-bond acceptors (Lipinski definition) is 5. The Morgan fingerprint density at radius 3 is 2.51 bits per heavy atom. The van der Waals surface area contributed by atoms with E-state index in [1.54, 1.807) is 0 Å². The molecule has 0 saturated carbocycles. The minimum absolute atomic E-state index is 0.205. The molecule has 0 atom stereocenters. The number of amides is 2. The summed E-state index contributed by atoms with van der Waals surface area (Å²) in [4.78, 5) is 21.4. The van der Waals surface area contributed by atoms with Gasteiger partial charge in [0.25, 0.3) is 0 Å². The topological polar surface area (TPSA) is 107 Å². The summed E-state index contributed by atoms with van der Waals surface area (Å²) in [5, 5.41) is 6.70. The van der Waals surface area contributed by atoms with Gasteiger partial charge >= 0.3 is 6.03 Å². The highest BCUT2D eigenvalue weighted by Gasteiger charge is 2.16. The molecule has 37 heavy (non-hydrogen) atoms. The second-order valence-corrected chi connectivity index (χ2v) is 8.91. The maximum atomic E-state index is 12.1. The van der Waals surface area contributed by atoms with Crippen molar-refractivity contribution < 1.29 is 9.53 Å². The van der Waals surface area contributed by atoms with Gasteiger partial charge in [0.1, 0.15) is 23.7 Å². The number of pyridine rings is 1. The molecule has 0 radical (unpaired) electrons. The minimum atomic E-state index is -0.205. The van der Waals surface area contributed by atoms with Crippen LogP contribution in [0, 0.1) is 6.92 Å². The summed E-state index contributed by atoms with van der Waals surface area (Å²) in [5.41, 5.74) is 10.6. The third-order valence-corrected chi connectivity index (χ3v) is 6.24. The van der Waals surface area contributed by atoms with Gasteiger partial charge in [-0.05, 0) is 55.7 Å². The molecule has 0 aliphatic rings. The number of nitrogen functional groups attached to an aromatic ring is 1. The van der Waals surface area contributed by atoms with E-state index in [0.717, 1.165) is 58.6 Å². The fourth-order valence-corrected chi connectivity index (χ4v) is 4.40. The fraction of sp³-hybridized carbons (Fsp3) is 0.207. The van der Waals surface area contributed by atoms with Gasteiger partial charge in [-0.1, -0.05) is 48.5 Å². The lowest BCUT2D eigenvalue weighted by Crippen LogP contribution is -2.29. The van der Waals surface area contributed by atoms with Crippen LogP contribution in [0.3, 0.4) is 0 Å². The Labute approximate surface area is 215 Å². The molecule has 0 unspecified atom stereocenters. The maximum absolute atomic E-state index is 12.1. The summed E-state index contributed by atoms with van der Waals surface area (Å²) >= 11 is 0. The molecule has 3 aromatic carbocycles. The van der Waals surface area contributed by atoms with E-state index >= 15 is 0 Å². The van der Waals surface area contributed by atoms with Crippen LogP contribution < -0.4 is 21.1 Å². The van der Waals surface area contributed by atoms with Crippen LogP contribution in [-0.4, -0.2) is 27.1 Å². The molecule has 2 heterocycles. The van der Waals surface area contributed by atoms with Gasteiger partial charge in [-0.25, -0.2) is 14.8 Å². The molecule has 2 amide bonds. The average molecular weight is 495 g/mol. The summed E-state index contributed by atoms with van der Waals surface area (Å²) < 4.78 is 8.25. The zero-order valence-electron chi connectivity index (χ0n) is 20.8. The predicted molar refractivity (Wildman–Crippen MR) is 148 cm³/mol. The Bertz CT molecular complexity index is 1520. The second-order valence-electron chi connectivity index (χ2n) is 8.91. The normalized spacial score (nSPS) is 11.1. The second kappa shape index (κ2) is 11.0. The number of imidazole rings is 1. The molecule has 0 bridgehead atoms. The number of nitrogens with zero attached hydrogens (tertiary/aromatic N) is 3. The number of fused-ring (bicyclic) bond motifs is 3. The van der Waals surface area contributed by atoms with Crippen molar-refractivity contribution in [1.29, 1.82) is 0 Å². The number of ether oxygens (including phenoxy) is 1. The van der Waals surface area contributed by atoms with Gasteiger partial charge in [-0.15, -0.1) is 0 Å². The molecular formula is C29H30N6O2. The molecule has 5 aromatic rings. The number of carbonyl (C=O) groups is 1. The predicted octanol–water partition coefficient (Wildman–Crippen LogP) is 5.66. The van der Waals surface area contributed by atoms with Crippen LogP contribution in [0.15, 0.2) is 78.9 Å². The van der Waals surface area contributed by atoms with Gasteiger partial charge < -0.3 is 25.7 Å². The average Bonchev–Trinajstić information content (AvgIpc) is 3.25. The van der Waals surface area contributed by atoms with Gasteiger partial charge in [-0.2, -0.15) is 0 Å². The molecule has 0 saturated heterocycles. The van der Waals surface area contributed by atoms with Gasteiger partial charge in [0.15, 0.2) is 5.82 Å². The molecule has 5 rings (SSSR count). The first-order chi connectivity index (χ1) is 18.1. The number of nitrogens with one attached hydrogen (secondary N) is 2. The van der Waals surface area contributed by atoms with Crippen molar-refractivity contribution in [3.63, 3.8) is 0 Å². The van der Waals surface area contributed by atoms with Crippen LogP contribution in [0.2, 0.25) is 0 Å². The summed E-state index contributed by atoms with van der Waals surface area (Å²) in [7, 11) is 0. The maximum Gasteiger partial charge on any atom is 0.319 e. The number of rotatable bonds is 9. The lowest BCUT2D eigenvalue weighted by atomic mass is 10.1. The van der Waals surface area contributed by atoms with Crippen molar-refractivity contribution >= 4 is 39.5 Å². The monoisotopic (exact) mass is 494 g/mol. The molecular weight excluding hydrogens is 464 g/mol. The van der Waals surface area contributed by atoms with E-state index < -0.39 is 0 Å². The van der Waals surface area contributed by atoms with Gasteiger partial charge in [0, 0.05) is 24.2 Å². The van der Waals surface area contributed by atoms with Crippen LogP contribution in [0.4, 0.5) is 16.3 Å². The number of aromatic nitrogens is 3.